The summed E-state index contributed by atoms with van der Waals surface area (Å²) in [5, 5.41) is 3.92. The number of nitrogens with zero attached hydrogens (tertiary/aromatic N) is 3. The third kappa shape index (κ3) is 2.17. The molecule has 0 fully saturated rings. The van der Waals surface area contributed by atoms with E-state index in [1.807, 2.05) is 42.5 Å². The van der Waals surface area contributed by atoms with E-state index < -0.39 is 0 Å². The molecule has 2 heterocycles. The normalized spacial score (nSPS) is 10.5. The molecule has 0 bridgehead atoms. The minimum absolute atomic E-state index is 0.489. The van der Waals surface area contributed by atoms with Crippen molar-refractivity contribution >= 4 is 15.9 Å². The molecule has 1 aromatic carbocycles. The molecule has 0 N–H and O–H groups in total. The van der Waals surface area contributed by atoms with E-state index >= 15 is 0 Å². The van der Waals surface area contributed by atoms with Crippen LogP contribution in [0.15, 0.2) is 57.7 Å². The van der Waals surface area contributed by atoms with Gasteiger partial charge >= 0.3 is 0 Å². The van der Waals surface area contributed by atoms with Crippen LogP contribution in [0.2, 0.25) is 0 Å². The number of pyridine rings is 1. The average Bonchev–Trinajstić information content (AvgIpc) is 2.90. The molecule has 4 nitrogen and oxygen atoms in total. The first kappa shape index (κ1) is 11.1. The summed E-state index contributed by atoms with van der Waals surface area (Å²) >= 11 is 3.38. The smallest absolute Gasteiger partial charge is 0.258 e. The summed E-state index contributed by atoms with van der Waals surface area (Å²) in [7, 11) is 0. The van der Waals surface area contributed by atoms with Crippen molar-refractivity contribution in [1.82, 2.24) is 15.1 Å². The van der Waals surface area contributed by atoms with Gasteiger partial charge in [0.25, 0.3) is 5.89 Å². The molecule has 0 saturated carbocycles. The molecule has 3 rings (SSSR count). The van der Waals surface area contributed by atoms with Gasteiger partial charge in [-0.2, -0.15) is 4.98 Å². The fraction of sp³-hybridized carbons (Fsp3) is 0. The Labute approximate surface area is 112 Å². The second-order valence-corrected chi connectivity index (χ2v) is 4.56. The molecule has 0 aliphatic carbocycles. The Morgan fingerprint density at radius 3 is 2.56 bits per heavy atom. The molecule has 88 valence electrons. The lowest BCUT2D eigenvalue weighted by Gasteiger charge is -1.93. The zero-order valence-electron chi connectivity index (χ0n) is 9.25. The van der Waals surface area contributed by atoms with Crippen LogP contribution in [0.25, 0.3) is 23.0 Å². The van der Waals surface area contributed by atoms with Crippen molar-refractivity contribution < 1.29 is 4.52 Å². The summed E-state index contributed by atoms with van der Waals surface area (Å²) < 4.78 is 6.24. The molecule has 18 heavy (non-hydrogen) atoms. The third-order valence-electron chi connectivity index (χ3n) is 2.41. The maximum atomic E-state index is 5.23. The third-order valence-corrected chi connectivity index (χ3v) is 2.94. The Hall–Kier alpha value is -2.01. The van der Waals surface area contributed by atoms with E-state index in [4.69, 9.17) is 4.52 Å². The summed E-state index contributed by atoms with van der Waals surface area (Å²) in [6.07, 6.45) is 1.70. The van der Waals surface area contributed by atoms with Gasteiger partial charge in [0.2, 0.25) is 5.82 Å². The number of aromatic nitrogens is 3. The maximum Gasteiger partial charge on any atom is 0.258 e. The number of hydrogen-bond acceptors (Lipinski definition) is 4. The summed E-state index contributed by atoms with van der Waals surface area (Å²) in [5.74, 6) is 0.983. The fourth-order valence-corrected chi connectivity index (χ4v) is 1.80. The number of benzene rings is 1. The zero-order chi connectivity index (χ0) is 12.4. The Morgan fingerprint density at radius 2 is 1.83 bits per heavy atom. The van der Waals surface area contributed by atoms with Crippen LogP contribution in [0.5, 0.6) is 0 Å². The molecule has 3 aromatic rings. The van der Waals surface area contributed by atoms with E-state index in [2.05, 4.69) is 31.1 Å². The Bertz CT molecular complexity index is 650. The highest BCUT2D eigenvalue weighted by Gasteiger charge is 2.10. The predicted molar refractivity (Wildman–Crippen MR) is 70.7 cm³/mol. The molecule has 0 aliphatic rings. The molecule has 0 radical (unpaired) electrons. The van der Waals surface area contributed by atoms with Crippen LogP contribution in [0.3, 0.4) is 0 Å². The maximum absolute atomic E-state index is 5.23. The second-order valence-electron chi connectivity index (χ2n) is 3.65. The van der Waals surface area contributed by atoms with Gasteiger partial charge in [-0.3, -0.25) is 4.98 Å². The lowest BCUT2D eigenvalue weighted by atomic mass is 10.2. The van der Waals surface area contributed by atoms with Crippen molar-refractivity contribution in [3.8, 4) is 23.0 Å². The van der Waals surface area contributed by atoms with Crippen molar-refractivity contribution in [2.45, 2.75) is 0 Å². The van der Waals surface area contributed by atoms with Crippen LogP contribution in [0.1, 0.15) is 0 Å². The van der Waals surface area contributed by atoms with Crippen LogP contribution >= 0.6 is 15.9 Å². The van der Waals surface area contributed by atoms with E-state index in [1.165, 1.54) is 0 Å². The van der Waals surface area contributed by atoms with E-state index in [0.29, 0.717) is 17.4 Å². The molecule has 0 aliphatic heterocycles. The molecule has 0 atom stereocenters. The van der Waals surface area contributed by atoms with Crippen LogP contribution in [0, 0.1) is 0 Å². The Kier molecular flexibility index (Phi) is 2.90. The van der Waals surface area contributed by atoms with Gasteiger partial charge in [0.05, 0.1) is 0 Å². The molecule has 0 amide bonds. The highest BCUT2D eigenvalue weighted by atomic mass is 79.9. The first-order valence-corrected chi connectivity index (χ1v) is 6.13. The van der Waals surface area contributed by atoms with Crippen molar-refractivity contribution in [1.29, 1.82) is 0 Å². The molecule has 5 heteroatoms. The molecule has 0 saturated heterocycles. The van der Waals surface area contributed by atoms with Gasteiger partial charge in [0.15, 0.2) is 0 Å². The summed E-state index contributed by atoms with van der Waals surface area (Å²) in [6.45, 7) is 0. The minimum atomic E-state index is 0.489. The van der Waals surface area contributed by atoms with Crippen LogP contribution in [-0.4, -0.2) is 15.1 Å². The quantitative estimate of drug-likeness (QED) is 0.726. The van der Waals surface area contributed by atoms with Gasteiger partial charge in [-0.05, 0) is 36.4 Å². The van der Waals surface area contributed by atoms with Crippen molar-refractivity contribution in [2.24, 2.45) is 0 Å². The first-order chi connectivity index (χ1) is 8.83. The predicted octanol–water partition coefficient (Wildman–Crippen LogP) is 3.56. The highest BCUT2D eigenvalue weighted by molar-refractivity contribution is 9.10. The second kappa shape index (κ2) is 4.70. The van der Waals surface area contributed by atoms with Crippen LogP contribution < -0.4 is 0 Å². The van der Waals surface area contributed by atoms with Crippen LogP contribution in [-0.2, 0) is 0 Å². The molecule has 2 aromatic heterocycles. The molecule has 0 spiro atoms. The standard InChI is InChI=1S/C13H8BrN3O/c14-10-6-4-9(5-7-10)13-16-12(17-18-13)11-3-1-2-8-15-11/h1-8H. The van der Waals surface area contributed by atoms with E-state index in [-0.39, 0.29) is 0 Å². The van der Waals surface area contributed by atoms with E-state index in [1.54, 1.807) is 6.20 Å². The van der Waals surface area contributed by atoms with Gasteiger partial charge in [-0.25, -0.2) is 0 Å². The number of rotatable bonds is 2. The molecular weight excluding hydrogens is 294 g/mol. The van der Waals surface area contributed by atoms with E-state index in [0.717, 1.165) is 10.0 Å². The van der Waals surface area contributed by atoms with Crippen molar-refractivity contribution in [3.05, 3.63) is 53.1 Å². The first-order valence-electron chi connectivity index (χ1n) is 5.34. The summed E-state index contributed by atoms with van der Waals surface area (Å²) in [4.78, 5) is 8.50. The SMILES string of the molecule is Brc1ccc(-c2nc(-c3ccccn3)no2)cc1. The Balaban J connectivity index is 1.97. The zero-order valence-corrected chi connectivity index (χ0v) is 10.8. The fourth-order valence-electron chi connectivity index (χ4n) is 1.53. The minimum Gasteiger partial charge on any atom is -0.334 e. The largest absolute Gasteiger partial charge is 0.334 e. The topological polar surface area (TPSA) is 51.8 Å². The summed E-state index contributed by atoms with van der Waals surface area (Å²) in [6, 6.07) is 13.3. The van der Waals surface area contributed by atoms with Gasteiger partial charge in [0.1, 0.15) is 5.69 Å². The molecular formula is C13H8BrN3O. The number of halogens is 1. The lowest BCUT2D eigenvalue weighted by Crippen LogP contribution is -1.84. The lowest BCUT2D eigenvalue weighted by molar-refractivity contribution is 0.432. The summed E-state index contributed by atoms with van der Waals surface area (Å²) in [5.41, 5.74) is 1.58. The van der Waals surface area contributed by atoms with Crippen molar-refractivity contribution in [3.63, 3.8) is 0 Å². The van der Waals surface area contributed by atoms with Gasteiger partial charge < -0.3 is 4.52 Å². The monoisotopic (exact) mass is 301 g/mol. The number of hydrogen-bond donors (Lipinski definition) is 0. The van der Waals surface area contributed by atoms with Crippen LogP contribution in [0.4, 0.5) is 0 Å². The van der Waals surface area contributed by atoms with Gasteiger partial charge in [0, 0.05) is 16.2 Å². The van der Waals surface area contributed by atoms with Crippen molar-refractivity contribution in [2.75, 3.05) is 0 Å². The highest BCUT2D eigenvalue weighted by Crippen LogP contribution is 2.22. The van der Waals surface area contributed by atoms with Gasteiger partial charge in [-0.15, -0.1) is 0 Å². The average molecular weight is 302 g/mol. The Morgan fingerprint density at radius 1 is 1.00 bits per heavy atom. The van der Waals surface area contributed by atoms with Gasteiger partial charge in [-0.1, -0.05) is 27.2 Å². The molecule has 0 unspecified atom stereocenters. The van der Waals surface area contributed by atoms with E-state index in [9.17, 15) is 0 Å².